The van der Waals surface area contributed by atoms with Crippen molar-refractivity contribution in [2.45, 2.75) is 58.2 Å². The second-order valence-corrected chi connectivity index (χ2v) is 8.09. The van der Waals surface area contributed by atoms with Gasteiger partial charge in [0.25, 0.3) is 0 Å². The van der Waals surface area contributed by atoms with Crippen molar-refractivity contribution in [1.82, 2.24) is 0 Å². The fourth-order valence-electron chi connectivity index (χ4n) is 3.38. The number of rotatable bonds is 2. The van der Waals surface area contributed by atoms with E-state index >= 15 is 0 Å². The third-order valence-electron chi connectivity index (χ3n) is 4.79. The minimum Gasteiger partial charge on any atom is -0.0840 e. The maximum atomic E-state index is 6.22. The molecule has 0 aromatic heterocycles. The normalized spacial score (nSPS) is 24.2. The van der Waals surface area contributed by atoms with E-state index in [9.17, 15) is 0 Å². The molecule has 106 valence electrons. The van der Waals surface area contributed by atoms with Crippen LogP contribution in [0.4, 0.5) is 0 Å². The van der Waals surface area contributed by atoms with Crippen LogP contribution in [0.1, 0.15) is 61.0 Å². The fourth-order valence-corrected chi connectivity index (χ4v) is 5.07. The van der Waals surface area contributed by atoms with Crippen molar-refractivity contribution in [1.29, 1.82) is 0 Å². The van der Waals surface area contributed by atoms with Crippen molar-refractivity contribution < 1.29 is 0 Å². The van der Waals surface area contributed by atoms with Gasteiger partial charge in [-0.2, -0.15) is 0 Å². The van der Waals surface area contributed by atoms with Crippen LogP contribution in [0.15, 0.2) is 12.1 Å². The minimum absolute atomic E-state index is 0.423. The highest BCUT2D eigenvalue weighted by atomic mass is 79.9. The molecule has 19 heavy (non-hydrogen) atoms. The van der Waals surface area contributed by atoms with E-state index in [1.807, 2.05) is 0 Å². The number of hydrogen-bond donors (Lipinski definition) is 0. The Labute approximate surface area is 131 Å². The third-order valence-corrected chi connectivity index (χ3v) is 6.33. The Hall–Kier alpha value is -0.0100. The van der Waals surface area contributed by atoms with E-state index in [2.05, 4.69) is 55.8 Å². The van der Waals surface area contributed by atoms with Gasteiger partial charge in [0.05, 0.1) is 0 Å². The molecule has 1 aromatic rings. The molecular formula is C17H24BrCl. The monoisotopic (exact) mass is 342 g/mol. The predicted molar refractivity (Wildman–Crippen MR) is 88.3 cm³/mol. The van der Waals surface area contributed by atoms with Gasteiger partial charge in [-0.15, -0.1) is 0 Å². The van der Waals surface area contributed by atoms with Crippen molar-refractivity contribution in [3.63, 3.8) is 0 Å². The maximum Gasteiger partial charge on any atom is 0.0438 e. The van der Waals surface area contributed by atoms with E-state index in [4.69, 9.17) is 11.6 Å². The van der Waals surface area contributed by atoms with Gasteiger partial charge in [-0.25, -0.2) is 0 Å². The molecule has 1 saturated carbocycles. The minimum atomic E-state index is 0.423. The van der Waals surface area contributed by atoms with Gasteiger partial charge in [0.2, 0.25) is 0 Å². The van der Waals surface area contributed by atoms with E-state index in [1.165, 1.54) is 42.4 Å². The zero-order valence-corrected chi connectivity index (χ0v) is 14.7. The third kappa shape index (κ3) is 3.19. The Bertz CT molecular complexity index is 465. The molecule has 0 saturated heterocycles. The van der Waals surface area contributed by atoms with Gasteiger partial charge < -0.3 is 0 Å². The summed E-state index contributed by atoms with van der Waals surface area (Å²) in [7, 11) is 0. The van der Waals surface area contributed by atoms with Crippen LogP contribution in [0.5, 0.6) is 0 Å². The van der Waals surface area contributed by atoms with Crippen LogP contribution >= 0.6 is 27.5 Å². The van der Waals surface area contributed by atoms with Crippen LogP contribution in [0.2, 0.25) is 5.02 Å². The molecule has 0 spiro atoms. The Balaban J connectivity index is 2.33. The molecule has 2 rings (SSSR count). The van der Waals surface area contributed by atoms with Crippen molar-refractivity contribution in [2.75, 3.05) is 0 Å². The van der Waals surface area contributed by atoms with E-state index in [0.717, 1.165) is 5.02 Å². The predicted octanol–water partition coefficient (Wildman–Crippen LogP) is 6.61. The van der Waals surface area contributed by atoms with Crippen molar-refractivity contribution in [3.8, 4) is 0 Å². The summed E-state index contributed by atoms with van der Waals surface area (Å²) in [6.07, 6.45) is 5.40. The number of hydrogen-bond acceptors (Lipinski definition) is 0. The van der Waals surface area contributed by atoms with Gasteiger partial charge in [0, 0.05) is 9.85 Å². The highest BCUT2D eigenvalue weighted by Crippen LogP contribution is 2.50. The Morgan fingerprint density at radius 2 is 1.89 bits per heavy atom. The van der Waals surface area contributed by atoms with Crippen LogP contribution in [0.3, 0.4) is 0 Å². The van der Waals surface area contributed by atoms with Crippen LogP contribution in [-0.4, -0.2) is 0 Å². The van der Waals surface area contributed by atoms with Gasteiger partial charge in [-0.1, -0.05) is 60.3 Å². The lowest BCUT2D eigenvalue weighted by Gasteiger charge is -2.42. The summed E-state index contributed by atoms with van der Waals surface area (Å²) in [5.41, 5.74) is 4.33. The van der Waals surface area contributed by atoms with E-state index in [-0.39, 0.29) is 0 Å². The average Bonchev–Trinajstić information content (AvgIpc) is 2.32. The SMILES string of the molecule is Cc1cc(C(Br)C2CCCCC2(C)C)c(C)cc1Cl. The highest BCUT2D eigenvalue weighted by Gasteiger charge is 2.37. The maximum absolute atomic E-state index is 6.22. The lowest BCUT2D eigenvalue weighted by molar-refractivity contribution is 0.136. The van der Waals surface area contributed by atoms with Gasteiger partial charge >= 0.3 is 0 Å². The molecule has 0 radical (unpaired) electrons. The molecular weight excluding hydrogens is 320 g/mol. The quantitative estimate of drug-likeness (QED) is 0.530. The highest BCUT2D eigenvalue weighted by molar-refractivity contribution is 9.09. The summed E-state index contributed by atoms with van der Waals surface area (Å²) in [5, 5.41) is 0.879. The molecule has 0 heterocycles. The smallest absolute Gasteiger partial charge is 0.0438 e. The van der Waals surface area contributed by atoms with Crippen molar-refractivity contribution >= 4 is 27.5 Å². The van der Waals surface area contributed by atoms with Gasteiger partial charge in [-0.3, -0.25) is 0 Å². The molecule has 0 aliphatic heterocycles. The van der Waals surface area contributed by atoms with Crippen LogP contribution in [-0.2, 0) is 0 Å². The standard InChI is InChI=1S/C17H24BrCl/c1-11-10-15(19)12(2)9-13(11)16(18)14-7-5-6-8-17(14,3)4/h9-10,14,16H,5-8H2,1-4H3. The molecule has 2 heteroatoms. The summed E-state index contributed by atoms with van der Waals surface area (Å²) < 4.78 is 0. The first-order valence-corrected chi connectivity index (χ1v) is 8.53. The van der Waals surface area contributed by atoms with E-state index < -0.39 is 0 Å². The number of benzene rings is 1. The second-order valence-electron chi connectivity index (χ2n) is 6.70. The first-order chi connectivity index (χ1) is 8.83. The Morgan fingerprint density at radius 1 is 1.21 bits per heavy atom. The van der Waals surface area contributed by atoms with Gasteiger partial charge in [0.15, 0.2) is 0 Å². The molecule has 0 N–H and O–H groups in total. The molecule has 2 atom stereocenters. The Kier molecular flexibility index (Phi) is 4.67. The molecule has 0 amide bonds. The summed E-state index contributed by atoms with van der Waals surface area (Å²) in [6, 6.07) is 4.37. The van der Waals surface area contributed by atoms with Crippen LogP contribution in [0.25, 0.3) is 0 Å². The van der Waals surface area contributed by atoms with Crippen molar-refractivity contribution in [3.05, 3.63) is 33.8 Å². The number of aryl methyl sites for hydroxylation is 2. The van der Waals surface area contributed by atoms with Gasteiger partial charge in [0.1, 0.15) is 0 Å². The number of halogens is 2. The Morgan fingerprint density at radius 3 is 2.53 bits per heavy atom. The molecule has 1 aliphatic rings. The lowest BCUT2D eigenvalue weighted by atomic mass is 9.66. The first kappa shape index (κ1) is 15.4. The largest absolute Gasteiger partial charge is 0.0840 e. The second kappa shape index (κ2) is 5.77. The molecule has 2 unspecified atom stereocenters. The molecule has 0 bridgehead atoms. The molecule has 1 fully saturated rings. The summed E-state index contributed by atoms with van der Waals surface area (Å²) >= 11 is 10.2. The van der Waals surface area contributed by atoms with E-state index in [1.54, 1.807) is 0 Å². The lowest BCUT2D eigenvalue weighted by Crippen LogP contribution is -2.31. The summed E-state index contributed by atoms with van der Waals surface area (Å²) in [6.45, 7) is 9.11. The van der Waals surface area contributed by atoms with Crippen molar-refractivity contribution in [2.24, 2.45) is 11.3 Å². The number of alkyl halides is 1. The fraction of sp³-hybridized carbons (Fsp3) is 0.647. The molecule has 1 aromatic carbocycles. The van der Waals surface area contributed by atoms with Crippen LogP contribution < -0.4 is 0 Å². The summed E-state index contributed by atoms with van der Waals surface area (Å²) in [4.78, 5) is 0.443. The van der Waals surface area contributed by atoms with Gasteiger partial charge in [-0.05, 0) is 60.8 Å². The average molecular weight is 344 g/mol. The van der Waals surface area contributed by atoms with E-state index in [0.29, 0.717) is 16.2 Å². The zero-order chi connectivity index (χ0) is 14.2. The molecule has 1 aliphatic carbocycles. The first-order valence-electron chi connectivity index (χ1n) is 7.23. The molecule has 0 nitrogen and oxygen atoms in total. The summed E-state index contributed by atoms with van der Waals surface area (Å²) in [5.74, 6) is 0.709. The van der Waals surface area contributed by atoms with Crippen LogP contribution in [0, 0.1) is 25.2 Å². The topological polar surface area (TPSA) is 0 Å². The zero-order valence-electron chi connectivity index (χ0n) is 12.4.